The van der Waals surface area contributed by atoms with Gasteiger partial charge in [0.2, 0.25) is 5.91 Å². The van der Waals surface area contributed by atoms with Crippen LogP contribution in [0.2, 0.25) is 0 Å². The first kappa shape index (κ1) is 16.2. The Labute approximate surface area is 127 Å². The minimum atomic E-state index is -1.26. The summed E-state index contributed by atoms with van der Waals surface area (Å²) < 4.78 is 17.3. The Hall–Kier alpha value is -2.15. The number of ether oxygens (including phenoxy) is 1. The molecule has 1 amide bonds. The summed E-state index contributed by atoms with van der Waals surface area (Å²) in [6, 6.07) is 4.73. The number of alkyl halides is 1. The average Bonchev–Trinajstić information content (AvgIpc) is 2.85. The van der Waals surface area contributed by atoms with Gasteiger partial charge in [0.15, 0.2) is 6.10 Å². The number of carbonyl (C=O) groups excluding carboxylic acids is 2. The molecule has 0 aliphatic carbocycles. The van der Waals surface area contributed by atoms with Crippen LogP contribution >= 0.6 is 0 Å². The van der Waals surface area contributed by atoms with E-state index >= 15 is 0 Å². The molecule has 1 heterocycles. The second-order valence-electron chi connectivity index (χ2n) is 5.21. The van der Waals surface area contributed by atoms with Gasteiger partial charge in [0.25, 0.3) is 0 Å². The van der Waals surface area contributed by atoms with Gasteiger partial charge < -0.3 is 20.1 Å². The van der Waals surface area contributed by atoms with Gasteiger partial charge in [-0.3, -0.25) is 4.79 Å². The van der Waals surface area contributed by atoms with Crippen LogP contribution in [0.15, 0.2) is 18.2 Å². The maximum atomic E-state index is 12.8. The molecule has 22 heavy (non-hydrogen) atoms. The lowest BCUT2D eigenvalue weighted by molar-refractivity contribution is -0.149. The van der Waals surface area contributed by atoms with Crippen LogP contribution in [-0.2, 0) is 20.7 Å². The molecule has 7 heteroatoms. The second-order valence-corrected chi connectivity index (χ2v) is 5.21. The zero-order chi connectivity index (χ0) is 16.3. The zero-order valence-electron chi connectivity index (χ0n) is 12.5. The summed E-state index contributed by atoms with van der Waals surface area (Å²) in [5.74, 6) is -0.848. The highest BCUT2D eigenvalue weighted by Crippen LogP contribution is 2.32. The number of nitrogens with one attached hydrogen (secondary N) is 1. The fourth-order valence-electron chi connectivity index (χ4n) is 2.44. The molecule has 0 bridgehead atoms. The topological polar surface area (TPSA) is 78.9 Å². The van der Waals surface area contributed by atoms with Gasteiger partial charge in [-0.25, -0.2) is 9.18 Å². The first-order valence-electron chi connectivity index (χ1n) is 6.98. The van der Waals surface area contributed by atoms with Crippen molar-refractivity contribution in [1.82, 2.24) is 0 Å². The van der Waals surface area contributed by atoms with Crippen molar-refractivity contribution in [2.24, 2.45) is 0 Å². The number of aliphatic hydroxyl groups excluding tert-OH is 1. The molecule has 2 unspecified atom stereocenters. The van der Waals surface area contributed by atoms with Crippen LogP contribution in [0.5, 0.6) is 0 Å². The molecule has 1 aliphatic heterocycles. The number of benzene rings is 1. The van der Waals surface area contributed by atoms with Crippen molar-refractivity contribution in [3.63, 3.8) is 0 Å². The van der Waals surface area contributed by atoms with Crippen LogP contribution < -0.4 is 10.2 Å². The summed E-state index contributed by atoms with van der Waals surface area (Å²) in [6.45, 7) is 1.06. The average molecular weight is 310 g/mol. The SMILES string of the molecule is COC(=O)C(O)CNc1ccc2c(c1)CC(=O)N2C(C)CF. The number of hydrogen-bond acceptors (Lipinski definition) is 5. The molecule has 0 saturated carbocycles. The molecule has 0 radical (unpaired) electrons. The highest BCUT2D eigenvalue weighted by atomic mass is 19.1. The van der Waals surface area contributed by atoms with E-state index in [2.05, 4.69) is 10.1 Å². The highest BCUT2D eigenvalue weighted by molar-refractivity contribution is 6.02. The first-order chi connectivity index (χ1) is 10.5. The van der Waals surface area contributed by atoms with Crippen LogP contribution in [0, 0.1) is 0 Å². The Morgan fingerprint density at radius 1 is 1.55 bits per heavy atom. The molecule has 0 fully saturated rings. The maximum absolute atomic E-state index is 12.8. The molecule has 1 aliphatic rings. The third-order valence-electron chi connectivity index (χ3n) is 3.59. The van der Waals surface area contributed by atoms with Crippen molar-refractivity contribution < 1.29 is 23.8 Å². The van der Waals surface area contributed by atoms with Crippen LogP contribution in [0.3, 0.4) is 0 Å². The van der Waals surface area contributed by atoms with Gasteiger partial charge in [0.05, 0.1) is 26.1 Å². The van der Waals surface area contributed by atoms with Gasteiger partial charge >= 0.3 is 5.97 Å². The van der Waals surface area contributed by atoms with Gasteiger partial charge in [-0.05, 0) is 30.7 Å². The number of amides is 1. The van der Waals surface area contributed by atoms with E-state index in [-0.39, 0.29) is 18.9 Å². The Bertz CT molecular complexity index is 579. The Kier molecular flexibility index (Phi) is 4.97. The number of halogens is 1. The number of esters is 1. The molecule has 2 rings (SSSR count). The van der Waals surface area contributed by atoms with Gasteiger partial charge in [0.1, 0.15) is 6.67 Å². The lowest BCUT2D eigenvalue weighted by atomic mass is 10.1. The molecule has 1 aromatic rings. The number of rotatable bonds is 6. The molecule has 0 spiro atoms. The van der Waals surface area contributed by atoms with Crippen molar-refractivity contribution in [2.45, 2.75) is 25.5 Å². The highest BCUT2D eigenvalue weighted by Gasteiger charge is 2.31. The van der Waals surface area contributed by atoms with Gasteiger partial charge in [-0.15, -0.1) is 0 Å². The standard InChI is InChI=1S/C15H19FN2O4/c1-9(7-16)18-12-4-3-11(5-10(12)6-14(18)20)17-8-13(19)15(21)22-2/h3-5,9,13,17,19H,6-8H2,1-2H3. The number of hydrogen-bond donors (Lipinski definition) is 2. The minimum absolute atomic E-state index is 0.00397. The molecule has 120 valence electrons. The summed E-state index contributed by atoms with van der Waals surface area (Å²) in [5, 5.41) is 12.4. The van der Waals surface area contributed by atoms with Crippen LogP contribution in [0.1, 0.15) is 12.5 Å². The number of fused-ring (bicyclic) bond motifs is 1. The van der Waals surface area contributed by atoms with E-state index in [4.69, 9.17) is 0 Å². The fourth-order valence-corrected chi connectivity index (χ4v) is 2.44. The maximum Gasteiger partial charge on any atom is 0.336 e. The molecule has 6 nitrogen and oxygen atoms in total. The van der Waals surface area contributed by atoms with Gasteiger partial charge in [-0.2, -0.15) is 0 Å². The number of nitrogens with zero attached hydrogens (tertiary/aromatic N) is 1. The molecule has 1 aromatic carbocycles. The minimum Gasteiger partial charge on any atom is -0.467 e. The Balaban J connectivity index is 2.09. The monoisotopic (exact) mass is 310 g/mol. The van der Waals surface area contributed by atoms with Crippen LogP contribution in [0.4, 0.5) is 15.8 Å². The summed E-state index contributed by atoms with van der Waals surface area (Å²) in [6.07, 6.45) is -1.04. The molecular weight excluding hydrogens is 291 g/mol. The lowest BCUT2D eigenvalue weighted by Crippen LogP contribution is -2.37. The van der Waals surface area contributed by atoms with Crippen molar-refractivity contribution in [2.75, 3.05) is 30.5 Å². The summed E-state index contributed by atoms with van der Waals surface area (Å²) in [7, 11) is 1.20. The van der Waals surface area contributed by atoms with Crippen LogP contribution in [0.25, 0.3) is 0 Å². The molecular formula is C15H19FN2O4. The van der Waals surface area contributed by atoms with Crippen molar-refractivity contribution in [3.05, 3.63) is 23.8 Å². The van der Waals surface area contributed by atoms with E-state index in [1.807, 2.05) is 0 Å². The van der Waals surface area contributed by atoms with Crippen molar-refractivity contribution in [1.29, 1.82) is 0 Å². The summed E-state index contributed by atoms with van der Waals surface area (Å²) >= 11 is 0. The van der Waals surface area contributed by atoms with E-state index in [1.165, 1.54) is 12.0 Å². The fraction of sp³-hybridized carbons (Fsp3) is 0.467. The van der Waals surface area contributed by atoms with E-state index in [9.17, 15) is 19.1 Å². The molecule has 2 N–H and O–H groups in total. The predicted octanol–water partition coefficient (Wildman–Crippen LogP) is 0.879. The third kappa shape index (κ3) is 3.19. The smallest absolute Gasteiger partial charge is 0.336 e. The van der Waals surface area contributed by atoms with Crippen molar-refractivity contribution >= 4 is 23.3 Å². The second kappa shape index (κ2) is 6.74. The summed E-state index contributed by atoms with van der Waals surface area (Å²) in [4.78, 5) is 24.6. The normalized spacial score (nSPS) is 16.2. The quantitative estimate of drug-likeness (QED) is 0.763. The lowest BCUT2D eigenvalue weighted by Gasteiger charge is -2.23. The zero-order valence-corrected chi connectivity index (χ0v) is 12.5. The number of anilines is 2. The Morgan fingerprint density at radius 2 is 2.27 bits per heavy atom. The van der Waals surface area contributed by atoms with E-state index in [0.717, 1.165) is 5.56 Å². The number of methoxy groups -OCH3 is 1. The molecule has 0 saturated heterocycles. The van der Waals surface area contributed by atoms with E-state index in [1.54, 1.807) is 25.1 Å². The van der Waals surface area contributed by atoms with Gasteiger partial charge in [-0.1, -0.05) is 0 Å². The number of carbonyl (C=O) groups is 2. The summed E-state index contributed by atoms with van der Waals surface area (Å²) in [5.41, 5.74) is 2.17. The van der Waals surface area contributed by atoms with Crippen LogP contribution in [-0.4, -0.2) is 49.5 Å². The largest absolute Gasteiger partial charge is 0.467 e. The molecule has 0 aromatic heterocycles. The van der Waals surface area contributed by atoms with Crippen molar-refractivity contribution in [3.8, 4) is 0 Å². The number of aliphatic hydroxyl groups is 1. The Morgan fingerprint density at radius 3 is 2.91 bits per heavy atom. The molecule has 2 atom stereocenters. The predicted molar refractivity (Wildman–Crippen MR) is 79.6 cm³/mol. The first-order valence-corrected chi connectivity index (χ1v) is 6.98. The van der Waals surface area contributed by atoms with E-state index in [0.29, 0.717) is 11.4 Å². The van der Waals surface area contributed by atoms with E-state index < -0.39 is 24.8 Å². The third-order valence-corrected chi connectivity index (χ3v) is 3.59. The van der Waals surface area contributed by atoms with Gasteiger partial charge in [0, 0.05) is 11.4 Å².